The molecule has 3 heteroatoms. The summed E-state index contributed by atoms with van der Waals surface area (Å²) >= 11 is 4.24. The maximum atomic E-state index is 3.78. The van der Waals surface area contributed by atoms with Crippen LogP contribution in [0.4, 0.5) is 0 Å². The van der Waals surface area contributed by atoms with Crippen molar-refractivity contribution in [3.05, 3.63) is 12.7 Å². The van der Waals surface area contributed by atoms with Crippen molar-refractivity contribution in [2.24, 2.45) is 0 Å². The molecule has 1 aliphatic rings. The van der Waals surface area contributed by atoms with Crippen LogP contribution in [0.3, 0.4) is 0 Å². The van der Waals surface area contributed by atoms with Crippen LogP contribution in [0.1, 0.15) is 26.2 Å². The normalized spacial score (nSPS) is 23.7. The summed E-state index contributed by atoms with van der Waals surface area (Å²) in [6.07, 6.45) is 5.64. The number of rotatable bonds is 7. The van der Waals surface area contributed by atoms with Crippen molar-refractivity contribution in [1.29, 1.82) is 0 Å². The van der Waals surface area contributed by atoms with Crippen LogP contribution in [0.5, 0.6) is 0 Å². The fourth-order valence-electron chi connectivity index (χ4n) is 1.72. The molecule has 0 aromatic carbocycles. The van der Waals surface area contributed by atoms with Gasteiger partial charge in [-0.05, 0) is 19.3 Å². The Bertz CT molecular complexity index is 167. The molecule has 1 saturated heterocycles. The van der Waals surface area contributed by atoms with Crippen molar-refractivity contribution in [1.82, 2.24) is 5.32 Å². The Morgan fingerprint density at radius 1 is 1.53 bits per heavy atom. The number of thioether (sulfide) groups is 2. The largest absolute Gasteiger partial charge is 0.313 e. The Labute approximate surface area is 103 Å². The van der Waals surface area contributed by atoms with E-state index in [0.29, 0.717) is 6.04 Å². The van der Waals surface area contributed by atoms with Crippen LogP contribution in [0.25, 0.3) is 0 Å². The molecule has 0 amide bonds. The number of allylic oxidation sites excluding steroid dienone is 1. The zero-order chi connectivity index (χ0) is 10.9. The molecular weight excluding hydrogens is 222 g/mol. The van der Waals surface area contributed by atoms with Crippen molar-refractivity contribution in [2.75, 3.05) is 23.8 Å². The molecule has 88 valence electrons. The van der Waals surface area contributed by atoms with Crippen LogP contribution in [0, 0.1) is 0 Å². The molecular formula is C12H23NS2. The second-order valence-corrected chi connectivity index (χ2v) is 6.51. The lowest BCUT2D eigenvalue weighted by molar-refractivity contribution is 0.475. The maximum Gasteiger partial charge on any atom is 0.0263 e. The summed E-state index contributed by atoms with van der Waals surface area (Å²) in [6, 6.07) is 0.690. The molecule has 2 atom stereocenters. The van der Waals surface area contributed by atoms with E-state index in [1.165, 1.54) is 36.6 Å². The first-order chi connectivity index (χ1) is 7.36. The predicted molar refractivity (Wildman–Crippen MR) is 75.1 cm³/mol. The van der Waals surface area contributed by atoms with Crippen LogP contribution >= 0.6 is 23.5 Å². The fourth-order valence-corrected chi connectivity index (χ4v) is 4.35. The summed E-state index contributed by atoms with van der Waals surface area (Å²) in [6.45, 7) is 7.24. The quantitative estimate of drug-likeness (QED) is 0.692. The first-order valence-electron chi connectivity index (χ1n) is 5.90. The van der Waals surface area contributed by atoms with Crippen LogP contribution in [0.2, 0.25) is 0 Å². The molecule has 1 N–H and O–H groups in total. The molecule has 0 saturated carbocycles. The minimum absolute atomic E-state index is 0.690. The summed E-state index contributed by atoms with van der Waals surface area (Å²) in [5, 5.41) is 4.53. The van der Waals surface area contributed by atoms with Gasteiger partial charge in [0.25, 0.3) is 0 Å². The van der Waals surface area contributed by atoms with Gasteiger partial charge in [-0.2, -0.15) is 23.5 Å². The number of hydrogen-bond donors (Lipinski definition) is 1. The summed E-state index contributed by atoms with van der Waals surface area (Å²) in [7, 11) is 0. The van der Waals surface area contributed by atoms with E-state index >= 15 is 0 Å². The van der Waals surface area contributed by atoms with E-state index in [-0.39, 0.29) is 0 Å². The molecule has 0 aliphatic carbocycles. The van der Waals surface area contributed by atoms with Gasteiger partial charge in [-0.3, -0.25) is 0 Å². The molecule has 0 spiro atoms. The van der Waals surface area contributed by atoms with E-state index < -0.39 is 0 Å². The van der Waals surface area contributed by atoms with Crippen LogP contribution < -0.4 is 5.32 Å². The van der Waals surface area contributed by atoms with Crippen molar-refractivity contribution >= 4 is 23.5 Å². The van der Waals surface area contributed by atoms with Crippen molar-refractivity contribution in [3.8, 4) is 0 Å². The molecule has 1 nitrogen and oxygen atoms in total. The monoisotopic (exact) mass is 245 g/mol. The highest BCUT2D eigenvalue weighted by atomic mass is 32.2. The summed E-state index contributed by atoms with van der Waals surface area (Å²) in [4.78, 5) is 0. The van der Waals surface area contributed by atoms with Crippen LogP contribution in [-0.4, -0.2) is 35.1 Å². The smallest absolute Gasteiger partial charge is 0.0263 e. The molecule has 1 aliphatic heterocycles. The van der Waals surface area contributed by atoms with Crippen molar-refractivity contribution in [3.63, 3.8) is 0 Å². The van der Waals surface area contributed by atoms with Crippen LogP contribution in [-0.2, 0) is 0 Å². The lowest BCUT2D eigenvalue weighted by Gasteiger charge is -2.24. The highest BCUT2D eigenvalue weighted by Crippen LogP contribution is 2.23. The Kier molecular flexibility index (Phi) is 7.67. The van der Waals surface area contributed by atoms with Crippen molar-refractivity contribution < 1.29 is 0 Å². The topological polar surface area (TPSA) is 12.0 Å². The van der Waals surface area contributed by atoms with Gasteiger partial charge in [0.15, 0.2) is 0 Å². The third-order valence-electron chi connectivity index (χ3n) is 2.73. The maximum absolute atomic E-state index is 3.78. The predicted octanol–water partition coefficient (Wildman–Crippen LogP) is 3.17. The highest BCUT2D eigenvalue weighted by molar-refractivity contribution is 8.06. The van der Waals surface area contributed by atoms with Gasteiger partial charge in [-0.25, -0.2) is 0 Å². The number of hydrogen-bond acceptors (Lipinski definition) is 3. The summed E-state index contributed by atoms with van der Waals surface area (Å²) < 4.78 is 0. The Morgan fingerprint density at radius 3 is 3.00 bits per heavy atom. The van der Waals surface area contributed by atoms with E-state index in [1.807, 2.05) is 6.08 Å². The van der Waals surface area contributed by atoms with Gasteiger partial charge in [-0.1, -0.05) is 13.0 Å². The van der Waals surface area contributed by atoms with E-state index in [1.54, 1.807) is 0 Å². The number of nitrogens with one attached hydrogen (secondary N) is 1. The van der Waals surface area contributed by atoms with Crippen LogP contribution in [0.15, 0.2) is 12.7 Å². The molecule has 2 unspecified atom stereocenters. The molecule has 1 heterocycles. The molecule has 0 bridgehead atoms. The summed E-state index contributed by atoms with van der Waals surface area (Å²) in [5.74, 6) is 4.00. The second kappa shape index (κ2) is 8.54. The Hall–Kier alpha value is 0.400. The van der Waals surface area contributed by atoms with Gasteiger partial charge in [0.1, 0.15) is 0 Å². The van der Waals surface area contributed by atoms with Gasteiger partial charge >= 0.3 is 0 Å². The molecule has 0 aromatic rings. The van der Waals surface area contributed by atoms with Crippen molar-refractivity contribution in [2.45, 2.75) is 37.5 Å². The summed E-state index contributed by atoms with van der Waals surface area (Å²) in [5.41, 5.74) is 0. The minimum atomic E-state index is 0.690. The minimum Gasteiger partial charge on any atom is -0.313 e. The standard InChI is InChI=1S/C12H23NS2/c1-3-5-6-11(4-2)13-9-12-10-14-7-8-15-12/h3,11-13H,1,4-10H2,2H3. The van der Waals surface area contributed by atoms with Gasteiger partial charge in [-0.15, -0.1) is 6.58 Å². The molecule has 0 radical (unpaired) electrons. The average molecular weight is 245 g/mol. The van der Waals surface area contributed by atoms with E-state index in [0.717, 1.165) is 11.7 Å². The first-order valence-corrected chi connectivity index (χ1v) is 8.10. The van der Waals surface area contributed by atoms with E-state index in [4.69, 9.17) is 0 Å². The molecule has 1 fully saturated rings. The SMILES string of the molecule is C=CCCC(CC)NCC1CSCCS1. The molecule has 1 rings (SSSR count). The average Bonchev–Trinajstić information content (AvgIpc) is 2.31. The van der Waals surface area contributed by atoms with Gasteiger partial charge < -0.3 is 5.32 Å². The lowest BCUT2D eigenvalue weighted by atomic mass is 10.1. The second-order valence-electron chi connectivity index (χ2n) is 3.95. The fraction of sp³-hybridized carbons (Fsp3) is 0.833. The van der Waals surface area contributed by atoms with E-state index in [9.17, 15) is 0 Å². The van der Waals surface area contributed by atoms with Gasteiger partial charge in [0.2, 0.25) is 0 Å². The van der Waals surface area contributed by atoms with E-state index in [2.05, 4.69) is 42.3 Å². The first kappa shape index (κ1) is 13.5. The van der Waals surface area contributed by atoms with Gasteiger partial charge in [0.05, 0.1) is 0 Å². The Morgan fingerprint density at radius 2 is 2.40 bits per heavy atom. The molecule has 0 aromatic heterocycles. The lowest BCUT2D eigenvalue weighted by Crippen LogP contribution is -2.36. The Balaban J connectivity index is 2.11. The van der Waals surface area contributed by atoms with Gasteiger partial charge in [0, 0.05) is 35.1 Å². The highest BCUT2D eigenvalue weighted by Gasteiger charge is 2.15. The third kappa shape index (κ3) is 5.88. The zero-order valence-corrected chi connectivity index (χ0v) is 11.3. The third-order valence-corrected chi connectivity index (χ3v) is 5.58. The molecule has 15 heavy (non-hydrogen) atoms. The zero-order valence-electron chi connectivity index (χ0n) is 9.71.